The second-order valence-electron chi connectivity index (χ2n) is 12.4. The zero-order valence-electron chi connectivity index (χ0n) is 28.9. The van der Waals surface area contributed by atoms with E-state index in [4.69, 9.17) is 14.2 Å². The minimum Gasteiger partial charge on any atom is -0.744 e. The van der Waals surface area contributed by atoms with Crippen LogP contribution in [0.1, 0.15) is 37.7 Å². The molecular formula is C41H40N2O6S2. The Balaban J connectivity index is 0.000000392. The van der Waals surface area contributed by atoms with Crippen molar-refractivity contribution < 1.29 is 27.2 Å². The van der Waals surface area contributed by atoms with Crippen LogP contribution in [0.4, 0.5) is 0 Å². The molecule has 0 unspecified atom stereocenters. The summed E-state index contributed by atoms with van der Waals surface area (Å²) < 4.78 is 49.2. The Hall–Kier alpha value is -5.16. The highest BCUT2D eigenvalue weighted by atomic mass is 32.2. The number of hydrogen-bond donors (Lipinski definition) is 0. The summed E-state index contributed by atoms with van der Waals surface area (Å²) in [6, 6.07) is 42.5. The topological polar surface area (TPSA) is 111 Å². The van der Waals surface area contributed by atoms with Gasteiger partial charge < -0.3 is 18.8 Å². The van der Waals surface area contributed by atoms with Crippen molar-refractivity contribution in [3.05, 3.63) is 163 Å². The molecule has 10 heteroatoms. The van der Waals surface area contributed by atoms with E-state index >= 15 is 0 Å². The van der Waals surface area contributed by atoms with E-state index < -0.39 is 10.1 Å². The lowest BCUT2D eigenvalue weighted by Gasteiger charge is -2.21. The lowest BCUT2D eigenvalue weighted by Crippen LogP contribution is -2.22. The first-order chi connectivity index (χ1) is 24.4. The molecule has 0 bridgehead atoms. The summed E-state index contributed by atoms with van der Waals surface area (Å²) in [6.07, 6.45) is 3.56. The molecule has 0 atom stereocenters. The van der Waals surface area contributed by atoms with Crippen LogP contribution in [0.2, 0.25) is 0 Å². The predicted molar refractivity (Wildman–Crippen MR) is 198 cm³/mol. The van der Waals surface area contributed by atoms with Gasteiger partial charge in [-0.15, -0.1) is 0 Å². The van der Waals surface area contributed by atoms with Crippen LogP contribution in [0, 0.1) is 6.92 Å². The molecule has 0 saturated heterocycles. The van der Waals surface area contributed by atoms with Crippen LogP contribution in [0.3, 0.4) is 0 Å². The number of hydrogen-bond acceptors (Lipinski definition) is 8. The predicted octanol–water partition coefficient (Wildman–Crippen LogP) is 8.81. The maximum atomic E-state index is 10.4. The van der Waals surface area contributed by atoms with Crippen LogP contribution in [0.5, 0.6) is 17.2 Å². The van der Waals surface area contributed by atoms with Gasteiger partial charge >= 0.3 is 0 Å². The second-order valence-corrected chi connectivity index (χ2v) is 15.8. The Morgan fingerprint density at radius 3 is 1.35 bits per heavy atom. The number of aromatic nitrogens is 2. The van der Waals surface area contributed by atoms with Crippen LogP contribution in [-0.2, 0) is 34.2 Å². The SMILES string of the molecule is CC(C)(C)Oc1ccc([S+](c2ccc(OCc3ccccn3)cc2)c2ccc(OCc3ccccn3)cc2)cc1.Cc1ccc(S(=O)(=O)[O-])cc1. The molecule has 6 rings (SSSR count). The van der Waals surface area contributed by atoms with Gasteiger partial charge in [0.25, 0.3) is 0 Å². The van der Waals surface area contributed by atoms with Crippen molar-refractivity contribution in [3.63, 3.8) is 0 Å². The van der Waals surface area contributed by atoms with Crippen LogP contribution in [0.15, 0.2) is 165 Å². The first-order valence-electron chi connectivity index (χ1n) is 16.2. The molecule has 0 saturated carbocycles. The molecule has 4 aromatic carbocycles. The van der Waals surface area contributed by atoms with E-state index in [9.17, 15) is 13.0 Å². The molecule has 8 nitrogen and oxygen atoms in total. The summed E-state index contributed by atoms with van der Waals surface area (Å²) in [6.45, 7) is 8.85. The Labute approximate surface area is 303 Å². The first kappa shape index (κ1) is 37.1. The van der Waals surface area contributed by atoms with E-state index in [0.717, 1.165) is 34.2 Å². The highest BCUT2D eigenvalue weighted by Crippen LogP contribution is 2.34. The average Bonchev–Trinajstić information content (AvgIpc) is 3.12. The van der Waals surface area contributed by atoms with Crippen molar-refractivity contribution in [2.75, 3.05) is 0 Å². The molecule has 262 valence electrons. The first-order valence-corrected chi connectivity index (χ1v) is 18.9. The Kier molecular flexibility index (Phi) is 12.5. The molecule has 0 aliphatic rings. The molecular weight excluding hydrogens is 681 g/mol. The molecule has 2 heterocycles. The molecule has 51 heavy (non-hydrogen) atoms. The fraction of sp³-hybridized carbons (Fsp3) is 0.171. The molecule has 0 aliphatic carbocycles. The summed E-state index contributed by atoms with van der Waals surface area (Å²) in [5.74, 6) is 2.48. The van der Waals surface area contributed by atoms with E-state index in [0.29, 0.717) is 13.2 Å². The summed E-state index contributed by atoms with van der Waals surface area (Å²) in [4.78, 5) is 12.1. The van der Waals surface area contributed by atoms with E-state index in [-0.39, 0.29) is 21.4 Å². The fourth-order valence-corrected chi connectivity index (χ4v) is 7.25. The molecule has 0 spiro atoms. The van der Waals surface area contributed by atoms with Gasteiger partial charge in [-0.2, -0.15) is 0 Å². The van der Waals surface area contributed by atoms with Crippen molar-refractivity contribution in [1.29, 1.82) is 0 Å². The Morgan fingerprint density at radius 2 is 1.00 bits per heavy atom. The third-order valence-electron chi connectivity index (χ3n) is 7.14. The standard InChI is InChI=1S/C34H33N2O3S.C7H8O3S/c1-34(2,3)39-30-14-20-33(21-15-30)40(31-16-10-28(11-17-31)37-24-26-8-4-6-22-35-26)32-18-12-29(13-19-32)38-25-27-9-5-7-23-36-27;1-6-2-4-7(5-3-6)11(8,9)10/h4-23H,24-25H2,1-3H3;2-5H,1H3,(H,8,9,10)/q+1;/p-1. The zero-order valence-corrected chi connectivity index (χ0v) is 30.6. The van der Waals surface area contributed by atoms with Crippen LogP contribution in [-0.4, -0.2) is 28.5 Å². The molecule has 2 aromatic heterocycles. The van der Waals surface area contributed by atoms with Gasteiger partial charge in [0.15, 0.2) is 14.7 Å². The number of ether oxygens (including phenoxy) is 3. The van der Waals surface area contributed by atoms with Crippen molar-refractivity contribution >= 4 is 21.0 Å². The summed E-state index contributed by atoms with van der Waals surface area (Å²) >= 11 is 0. The number of pyridine rings is 2. The summed E-state index contributed by atoms with van der Waals surface area (Å²) in [7, 11) is -4.60. The lowest BCUT2D eigenvalue weighted by atomic mass is 10.2. The van der Waals surface area contributed by atoms with Gasteiger partial charge in [0.1, 0.15) is 46.2 Å². The van der Waals surface area contributed by atoms with Gasteiger partial charge in [-0.05, 0) is 137 Å². The van der Waals surface area contributed by atoms with E-state index in [1.165, 1.54) is 26.8 Å². The summed E-state index contributed by atoms with van der Waals surface area (Å²) in [5, 5.41) is 0. The lowest BCUT2D eigenvalue weighted by molar-refractivity contribution is 0.131. The van der Waals surface area contributed by atoms with Crippen LogP contribution < -0.4 is 14.2 Å². The third-order valence-corrected chi connectivity index (χ3v) is 10.2. The fourth-order valence-electron chi connectivity index (χ4n) is 4.74. The zero-order chi connectivity index (χ0) is 36.3. The van der Waals surface area contributed by atoms with Gasteiger partial charge in [-0.3, -0.25) is 9.97 Å². The summed E-state index contributed by atoms with van der Waals surface area (Å²) in [5.41, 5.74) is 2.47. The van der Waals surface area contributed by atoms with Crippen LogP contribution >= 0.6 is 0 Å². The molecule has 0 fully saturated rings. The molecule has 0 amide bonds. The number of aryl methyl sites for hydroxylation is 1. The maximum absolute atomic E-state index is 10.4. The molecule has 6 aromatic rings. The van der Waals surface area contributed by atoms with Gasteiger partial charge in [-0.1, -0.05) is 29.8 Å². The quantitative estimate of drug-likeness (QED) is 0.0965. The number of rotatable bonds is 11. The van der Waals surface area contributed by atoms with Gasteiger partial charge in [0.05, 0.1) is 27.2 Å². The highest BCUT2D eigenvalue weighted by Gasteiger charge is 2.29. The van der Waals surface area contributed by atoms with E-state index in [1.54, 1.807) is 24.5 Å². The Bertz CT molecular complexity index is 1970. The third kappa shape index (κ3) is 11.7. The molecule has 0 N–H and O–H groups in total. The minimum atomic E-state index is -4.27. The maximum Gasteiger partial charge on any atom is 0.166 e. The highest BCUT2D eigenvalue weighted by molar-refractivity contribution is 7.97. The van der Waals surface area contributed by atoms with Crippen LogP contribution in [0.25, 0.3) is 0 Å². The Morgan fingerprint density at radius 1 is 0.588 bits per heavy atom. The smallest absolute Gasteiger partial charge is 0.166 e. The van der Waals surface area contributed by atoms with Crippen molar-refractivity contribution in [2.45, 2.75) is 66.1 Å². The van der Waals surface area contributed by atoms with Crippen molar-refractivity contribution in [3.8, 4) is 17.2 Å². The van der Waals surface area contributed by atoms with E-state index in [1.807, 2.05) is 67.6 Å². The largest absolute Gasteiger partial charge is 0.744 e. The average molecular weight is 721 g/mol. The van der Waals surface area contributed by atoms with E-state index in [2.05, 4.69) is 79.3 Å². The van der Waals surface area contributed by atoms with Gasteiger partial charge in [0, 0.05) is 12.4 Å². The van der Waals surface area contributed by atoms with Gasteiger partial charge in [0.2, 0.25) is 0 Å². The normalized spacial score (nSPS) is 11.3. The number of benzene rings is 4. The van der Waals surface area contributed by atoms with Crippen molar-refractivity contribution in [1.82, 2.24) is 9.97 Å². The molecule has 0 aliphatic heterocycles. The monoisotopic (exact) mass is 720 g/mol. The molecule has 0 radical (unpaired) electrons. The van der Waals surface area contributed by atoms with Gasteiger partial charge in [-0.25, -0.2) is 8.42 Å². The second kappa shape index (κ2) is 17.2. The number of nitrogens with zero attached hydrogens (tertiary/aromatic N) is 2. The van der Waals surface area contributed by atoms with Crippen molar-refractivity contribution in [2.24, 2.45) is 0 Å². The minimum absolute atomic E-state index is 0.178.